The van der Waals surface area contributed by atoms with Gasteiger partial charge in [0.05, 0.1) is 0 Å². The first kappa shape index (κ1) is 9.23. The van der Waals surface area contributed by atoms with Gasteiger partial charge in [-0.25, -0.2) is 0 Å². The van der Waals surface area contributed by atoms with E-state index in [-0.39, 0.29) is 0 Å². The molecule has 0 unspecified atom stereocenters. The molecule has 0 aromatic heterocycles. The zero-order valence-electron chi connectivity index (χ0n) is 8.75. The molecular weight excluding hydrogens is 160 g/mol. The Morgan fingerprint density at radius 3 is 2.85 bits per heavy atom. The predicted octanol–water partition coefficient (Wildman–Crippen LogP) is 3.04. The fourth-order valence-corrected chi connectivity index (χ4v) is 2.60. The van der Waals surface area contributed by atoms with Gasteiger partial charge < -0.3 is 0 Å². The lowest BCUT2D eigenvalue weighted by molar-refractivity contribution is -0.126. The van der Waals surface area contributed by atoms with Gasteiger partial charge in [-0.1, -0.05) is 20.3 Å². The van der Waals surface area contributed by atoms with Crippen molar-refractivity contribution in [2.75, 3.05) is 0 Å². The third-order valence-corrected chi connectivity index (χ3v) is 3.67. The van der Waals surface area contributed by atoms with Gasteiger partial charge in [-0.15, -0.1) is 0 Å². The van der Waals surface area contributed by atoms with Gasteiger partial charge in [-0.3, -0.25) is 4.79 Å². The van der Waals surface area contributed by atoms with Crippen LogP contribution < -0.4 is 0 Å². The summed E-state index contributed by atoms with van der Waals surface area (Å²) in [5.41, 5.74) is 0. The van der Waals surface area contributed by atoms with E-state index in [0.717, 1.165) is 18.3 Å². The standard InChI is InChI=1S/C12H20O/c1-8(2)3-4-9-5-6-10-7-11(10)12(9)13/h8-11H,3-7H2,1-2H3/t9-,10-,11-/m0/s1. The molecule has 2 fully saturated rings. The van der Waals surface area contributed by atoms with Crippen LogP contribution in [0.4, 0.5) is 0 Å². The SMILES string of the molecule is CC(C)CC[C@H]1CC[C@H]2C[C@@H]2C1=O. The molecule has 0 spiro atoms. The Morgan fingerprint density at radius 2 is 2.15 bits per heavy atom. The van der Waals surface area contributed by atoms with Gasteiger partial charge in [-0.05, 0) is 37.5 Å². The second-order valence-corrected chi connectivity index (χ2v) is 5.25. The maximum atomic E-state index is 11.8. The number of fused-ring (bicyclic) bond motifs is 1. The molecule has 0 radical (unpaired) electrons. The van der Waals surface area contributed by atoms with Crippen molar-refractivity contribution in [1.29, 1.82) is 0 Å². The van der Waals surface area contributed by atoms with E-state index >= 15 is 0 Å². The molecule has 0 heterocycles. The van der Waals surface area contributed by atoms with Crippen LogP contribution in [-0.2, 0) is 4.79 Å². The Bertz CT molecular complexity index is 207. The Balaban J connectivity index is 1.81. The Morgan fingerprint density at radius 1 is 1.38 bits per heavy atom. The van der Waals surface area contributed by atoms with Crippen LogP contribution >= 0.6 is 0 Å². The number of carbonyl (C=O) groups is 1. The maximum Gasteiger partial charge on any atom is 0.139 e. The summed E-state index contributed by atoms with van der Waals surface area (Å²) in [4.78, 5) is 11.8. The summed E-state index contributed by atoms with van der Waals surface area (Å²) in [6, 6.07) is 0. The van der Waals surface area contributed by atoms with Crippen LogP contribution in [0.15, 0.2) is 0 Å². The first-order valence-electron chi connectivity index (χ1n) is 5.72. The average molecular weight is 180 g/mol. The van der Waals surface area contributed by atoms with Crippen LogP contribution in [0.5, 0.6) is 0 Å². The van der Waals surface area contributed by atoms with E-state index in [1.165, 1.54) is 25.7 Å². The van der Waals surface area contributed by atoms with E-state index < -0.39 is 0 Å². The van der Waals surface area contributed by atoms with Crippen molar-refractivity contribution in [3.05, 3.63) is 0 Å². The van der Waals surface area contributed by atoms with Crippen molar-refractivity contribution in [2.24, 2.45) is 23.7 Å². The molecule has 0 aromatic carbocycles. The fourth-order valence-electron chi connectivity index (χ4n) is 2.60. The van der Waals surface area contributed by atoms with Crippen molar-refractivity contribution in [2.45, 2.75) is 46.0 Å². The molecule has 0 bridgehead atoms. The van der Waals surface area contributed by atoms with Gasteiger partial charge in [0.15, 0.2) is 0 Å². The molecule has 3 atom stereocenters. The molecule has 2 aliphatic rings. The summed E-state index contributed by atoms with van der Waals surface area (Å²) in [6.45, 7) is 4.49. The molecule has 0 aromatic rings. The minimum absolute atomic E-state index is 0.436. The molecular formula is C12H20O. The highest BCUT2D eigenvalue weighted by molar-refractivity contribution is 5.86. The highest BCUT2D eigenvalue weighted by Gasteiger charge is 2.48. The monoisotopic (exact) mass is 180 g/mol. The zero-order chi connectivity index (χ0) is 9.42. The van der Waals surface area contributed by atoms with Gasteiger partial charge in [0.25, 0.3) is 0 Å². The predicted molar refractivity (Wildman–Crippen MR) is 53.4 cm³/mol. The number of carbonyl (C=O) groups excluding carboxylic acids is 1. The molecule has 13 heavy (non-hydrogen) atoms. The minimum Gasteiger partial charge on any atom is -0.299 e. The van der Waals surface area contributed by atoms with Crippen LogP contribution in [0, 0.1) is 23.7 Å². The summed E-state index contributed by atoms with van der Waals surface area (Å²) in [5, 5.41) is 0. The van der Waals surface area contributed by atoms with Crippen LogP contribution in [0.25, 0.3) is 0 Å². The normalized spacial score (nSPS) is 37.8. The van der Waals surface area contributed by atoms with E-state index in [0.29, 0.717) is 17.6 Å². The minimum atomic E-state index is 0.436. The zero-order valence-corrected chi connectivity index (χ0v) is 8.75. The Labute approximate surface area is 80.9 Å². The molecule has 0 aliphatic heterocycles. The van der Waals surface area contributed by atoms with E-state index in [9.17, 15) is 4.79 Å². The molecule has 74 valence electrons. The van der Waals surface area contributed by atoms with Crippen LogP contribution in [0.3, 0.4) is 0 Å². The molecule has 1 heteroatoms. The van der Waals surface area contributed by atoms with Crippen molar-refractivity contribution >= 4 is 5.78 Å². The lowest BCUT2D eigenvalue weighted by Crippen LogP contribution is -2.22. The smallest absolute Gasteiger partial charge is 0.139 e. The number of hydrogen-bond acceptors (Lipinski definition) is 1. The first-order valence-corrected chi connectivity index (χ1v) is 5.72. The van der Waals surface area contributed by atoms with Crippen molar-refractivity contribution in [1.82, 2.24) is 0 Å². The van der Waals surface area contributed by atoms with E-state index in [2.05, 4.69) is 13.8 Å². The molecule has 0 saturated heterocycles. The molecule has 2 rings (SSSR count). The molecule has 2 aliphatic carbocycles. The maximum absolute atomic E-state index is 11.8. The highest BCUT2D eigenvalue weighted by atomic mass is 16.1. The first-order chi connectivity index (χ1) is 6.18. The number of ketones is 1. The number of hydrogen-bond donors (Lipinski definition) is 0. The summed E-state index contributed by atoms with van der Waals surface area (Å²) in [6.07, 6.45) is 6.12. The molecule has 0 amide bonds. The number of rotatable bonds is 3. The van der Waals surface area contributed by atoms with Crippen LogP contribution in [0.2, 0.25) is 0 Å². The molecule has 2 saturated carbocycles. The van der Waals surface area contributed by atoms with E-state index in [1.54, 1.807) is 0 Å². The fraction of sp³-hybridized carbons (Fsp3) is 0.917. The van der Waals surface area contributed by atoms with Crippen LogP contribution in [-0.4, -0.2) is 5.78 Å². The lowest BCUT2D eigenvalue weighted by Gasteiger charge is -2.20. The Kier molecular flexibility index (Phi) is 2.44. The largest absolute Gasteiger partial charge is 0.299 e. The van der Waals surface area contributed by atoms with Crippen LogP contribution in [0.1, 0.15) is 46.0 Å². The van der Waals surface area contributed by atoms with Gasteiger partial charge in [0, 0.05) is 11.8 Å². The summed E-state index contributed by atoms with van der Waals surface area (Å²) >= 11 is 0. The van der Waals surface area contributed by atoms with E-state index in [1.807, 2.05) is 0 Å². The second-order valence-electron chi connectivity index (χ2n) is 5.25. The molecule has 0 N–H and O–H groups in total. The van der Waals surface area contributed by atoms with Gasteiger partial charge in [0.1, 0.15) is 5.78 Å². The molecule has 1 nitrogen and oxygen atoms in total. The van der Waals surface area contributed by atoms with Gasteiger partial charge in [-0.2, -0.15) is 0 Å². The Hall–Kier alpha value is -0.330. The quantitative estimate of drug-likeness (QED) is 0.652. The lowest BCUT2D eigenvalue weighted by atomic mass is 9.83. The topological polar surface area (TPSA) is 17.1 Å². The highest BCUT2D eigenvalue weighted by Crippen LogP contribution is 2.50. The van der Waals surface area contributed by atoms with Crippen molar-refractivity contribution in [3.63, 3.8) is 0 Å². The number of Topliss-reactive ketones (excluding diaryl/α,β-unsaturated/α-hetero) is 1. The second kappa shape index (κ2) is 3.43. The van der Waals surface area contributed by atoms with Crippen molar-refractivity contribution in [3.8, 4) is 0 Å². The summed E-state index contributed by atoms with van der Waals surface area (Å²) in [5.74, 6) is 3.11. The van der Waals surface area contributed by atoms with E-state index in [4.69, 9.17) is 0 Å². The average Bonchev–Trinajstić information content (AvgIpc) is 2.82. The van der Waals surface area contributed by atoms with Gasteiger partial charge in [0.2, 0.25) is 0 Å². The third kappa shape index (κ3) is 1.95. The summed E-state index contributed by atoms with van der Waals surface area (Å²) < 4.78 is 0. The third-order valence-electron chi connectivity index (χ3n) is 3.67. The van der Waals surface area contributed by atoms with Gasteiger partial charge >= 0.3 is 0 Å². The summed E-state index contributed by atoms with van der Waals surface area (Å²) in [7, 11) is 0. The van der Waals surface area contributed by atoms with Crippen molar-refractivity contribution < 1.29 is 4.79 Å².